The maximum atomic E-state index is 14.9. The number of ketones is 2. The first-order chi connectivity index (χ1) is 21.4. The molecule has 8 heteroatoms. The van der Waals surface area contributed by atoms with Gasteiger partial charge in [0.2, 0.25) is 0 Å². The van der Waals surface area contributed by atoms with Crippen LogP contribution in [0, 0.1) is 46.3 Å². The van der Waals surface area contributed by atoms with Gasteiger partial charge in [-0.25, -0.2) is 0 Å². The number of ether oxygens (including phenoxy) is 4. The molecule has 0 amide bonds. The molecule has 1 saturated heterocycles. The standard InChI is InChI=1S/C36H58N2O6/c39-32(23-34-17-26-11-27(18-34)13-28(12-26)19-34)36(33(40)24-35-20-29-14-30(21-35)16-31(15-29)22-35)25-38-3-6-42-8-7-41-4-1-37-2-5-43-9-10-44-36/h26-31,37-38H,1-25H2. The molecule has 0 unspecified atom stereocenters. The highest BCUT2D eigenvalue weighted by Gasteiger charge is 2.58. The van der Waals surface area contributed by atoms with Gasteiger partial charge in [0.1, 0.15) is 0 Å². The molecular weight excluding hydrogens is 556 g/mol. The summed E-state index contributed by atoms with van der Waals surface area (Å²) in [4.78, 5) is 29.7. The minimum atomic E-state index is -1.46. The van der Waals surface area contributed by atoms with Crippen LogP contribution in [0.15, 0.2) is 0 Å². The van der Waals surface area contributed by atoms with Crippen molar-refractivity contribution < 1.29 is 28.5 Å². The largest absolute Gasteiger partial charge is 0.378 e. The normalized spacial score (nSPS) is 45.1. The molecule has 0 radical (unpaired) electrons. The molecule has 8 saturated carbocycles. The van der Waals surface area contributed by atoms with Gasteiger partial charge in [-0.3, -0.25) is 9.59 Å². The van der Waals surface area contributed by atoms with E-state index >= 15 is 0 Å². The zero-order chi connectivity index (χ0) is 30.0. The van der Waals surface area contributed by atoms with Gasteiger partial charge in [-0.05, 0) is 123 Å². The highest BCUT2D eigenvalue weighted by molar-refractivity contribution is 6.11. The number of rotatable bonds is 6. The first kappa shape index (κ1) is 31.7. The quantitative estimate of drug-likeness (QED) is 0.427. The first-order valence-electron chi connectivity index (χ1n) is 18.3. The van der Waals surface area contributed by atoms with Crippen molar-refractivity contribution in [2.45, 2.75) is 95.5 Å². The Balaban J connectivity index is 1.11. The topological polar surface area (TPSA) is 95.1 Å². The monoisotopic (exact) mass is 614 g/mol. The minimum absolute atomic E-state index is 0.0343. The lowest BCUT2D eigenvalue weighted by molar-refractivity contribution is -0.167. The van der Waals surface area contributed by atoms with Crippen LogP contribution >= 0.6 is 0 Å². The number of carbonyl (C=O) groups excluding carboxylic acids is 2. The van der Waals surface area contributed by atoms with E-state index in [0.717, 1.165) is 87.1 Å². The third-order valence-corrected chi connectivity index (χ3v) is 12.9. The van der Waals surface area contributed by atoms with E-state index in [1.54, 1.807) is 0 Å². The maximum Gasteiger partial charge on any atom is 0.196 e. The Hall–Kier alpha value is -0.900. The van der Waals surface area contributed by atoms with Crippen molar-refractivity contribution in [1.82, 2.24) is 10.6 Å². The van der Waals surface area contributed by atoms with Crippen molar-refractivity contribution in [3.8, 4) is 0 Å². The number of Topliss-reactive ketones (excluding diaryl/α,β-unsaturated/α-hetero) is 2. The van der Waals surface area contributed by atoms with Crippen LogP contribution in [0.5, 0.6) is 0 Å². The number of nitrogens with one attached hydrogen (secondary N) is 2. The molecule has 44 heavy (non-hydrogen) atoms. The molecule has 0 aromatic carbocycles. The summed E-state index contributed by atoms with van der Waals surface area (Å²) in [5, 5.41) is 6.81. The minimum Gasteiger partial charge on any atom is -0.378 e. The van der Waals surface area contributed by atoms with Crippen molar-refractivity contribution in [3.05, 3.63) is 0 Å². The van der Waals surface area contributed by atoms with Crippen LogP contribution in [-0.2, 0) is 28.5 Å². The predicted molar refractivity (Wildman–Crippen MR) is 167 cm³/mol. The van der Waals surface area contributed by atoms with Crippen LogP contribution in [0.4, 0.5) is 0 Å². The van der Waals surface area contributed by atoms with Crippen molar-refractivity contribution in [1.29, 1.82) is 0 Å². The molecular formula is C36H58N2O6. The van der Waals surface area contributed by atoms with Crippen molar-refractivity contribution >= 4 is 11.6 Å². The second kappa shape index (κ2) is 13.7. The summed E-state index contributed by atoms with van der Waals surface area (Å²) in [7, 11) is 0. The molecule has 1 aliphatic heterocycles. The summed E-state index contributed by atoms with van der Waals surface area (Å²) >= 11 is 0. The fourth-order valence-electron chi connectivity index (χ4n) is 12.1. The summed E-state index contributed by atoms with van der Waals surface area (Å²) in [6.45, 7) is 5.70. The van der Waals surface area contributed by atoms with Crippen LogP contribution in [-0.4, -0.2) is 89.6 Å². The molecule has 9 rings (SSSR count). The second-order valence-corrected chi connectivity index (χ2v) is 16.5. The molecule has 0 aromatic heterocycles. The summed E-state index contributed by atoms with van der Waals surface area (Å²) in [5.41, 5.74) is -1.34. The smallest absolute Gasteiger partial charge is 0.196 e. The Morgan fingerprint density at radius 3 is 1.27 bits per heavy atom. The SMILES string of the molecule is O=C(CC12CC3CC(CC(C3)C1)C2)C1(C(=O)CC23CC4CC(CC(C4)C2)C3)CNCCOCCOCCNCCOCCO1. The summed E-state index contributed by atoms with van der Waals surface area (Å²) in [6, 6.07) is 0. The van der Waals surface area contributed by atoms with Crippen LogP contribution in [0.2, 0.25) is 0 Å². The molecule has 0 aromatic rings. The van der Waals surface area contributed by atoms with E-state index in [2.05, 4.69) is 10.6 Å². The Morgan fingerprint density at radius 1 is 0.500 bits per heavy atom. The lowest BCUT2D eigenvalue weighted by Crippen LogP contribution is -2.60. The first-order valence-corrected chi connectivity index (χ1v) is 18.3. The zero-order valence-electron chi connectivity index (χ0n) is 27.1. The van der Waals surface area contributed by atoms with Gasteiger partial charge in [-0.2, -0.15) is 0 Å². The van der Waals surface area contributed by atoms with Gasteiger partial charge in [-0.1, -0.05) is 0 Å². The highest BCUT2D eigenvalue weighted by Crippen LogP contribution is 2.63. The Morgan fingerprint density at radius 2 is 0.864 bits per heavy atom. The number of carbonyl (C=O) groups is 2. The van der Waals surface area contributed by atoms with Gasteiger partial charge < -0.3 is 29.6 Å². The highest BCUT2D eigenvalue weighted by atomic mass is 16.5. The third-order valence-electron chi connectivity index (χ3n) is 12.9. The maximum absolute atomic E-state index is 14.9. The lowest BCUT2D eigenvalue weighted by atomic mass is 9.47. The van der Waals surface area contributed by atoms with E-state index in [-0.39, 0.29) is 35.5 Å². The van der Waals surface area contributed by atoms with E-state index in [0.29, 0.717) is 59.0 Å². The Bertz CT molecular complexity index is 866. The van der Waals surface area contributed by atoms with Crippen molar-refractivity contribution in [3.63, 3.8) is 0 Å². The molecule has 9 fully saturated rings. The van der Waals surface area contributed by atoms with Crippen molar-refractivity contribution in [2.24, 2.45) is 46.3 Å². The Labute approximate surface area is 264 Å². The third kappa shape index (κ3) is 7.01. The fourth-order valence-corrected chi connectivity index (χ4v) is 12.1. The van der Waals surface area contributed by atoms with E-state index < -0.39 is 5.60 Å². The number of hydrogen-bond donors (Lipinski definition) is 2. The molecule has 2 N–H and O–H groups in total. The molecule has 8 aliphatic carbocycles. The van der Waals surface area contributed by atoms with Gasteiger partial charge in [0.05, 0.1) is 46.2 Å². The van der Waals surface area contributed by atoms with Crippen molar-refractivity contribution in [2.75, 3.05) is 72.4 Å². The number of hydrogen-bond acceptors (Lipinski definition) is 8. The molecule has 8 bridgehead atoms. The average Bonchev–Trinajstić information content (AvgIpc) is 2.95. The summed E-state index contributed by atoms with van der Waals surface area (Å²) < 4.78 is 24.0. The van der Waals surface area contributed by atoms with E-state index in [1.165, 1.54) is 38.5 Å². The average molecular weight is 615 g/mol. The fraction of sp³-hybridized carbons (Fsp3) is 0.944. The molecule has 9 aliphatic rings. The van der Waals surface area contributed by atoms with Crippen LogP contribution in [0.1, 0.15) is 89.9 Å². The Kier molecular flexibility index (Phi) is 9.85. The second-order valence-electron chi connectivity index (χ2n) is 16.5. The molecule has 248 valence electrons. The van der Waals surface area contributed by atoms with Gasteiger partial charge in [0.25, 0.3) is 0 Å². The van der Waals surface area contributed by atoms with E-state index in [4.69, 9.17) is 18.9 Å². The molecule has 0 atom stereocenters. The van der Waals surface area contributed by atoms with E-state index in [9.17, 15) is 9.59 Å². The van der Waals surface area contributed by atoms with Gasteiger partial charge in [0.15, 0.2) is 17.2 Å². The van der Waals surface area contributed by atoms with Gasteiger partial charge >= 0.3 is 0 Å². The molecule has 0 spiro atoms. The van der Waals surface area contributed by atoms with Crippen LogP contribution < -0.4 is 10.6 Å². The zero-order valence-corrected chi connectivity index (χ0v) is 27.1. The van der Waals surface area contributed by atoms with Crippen LogP contribution in [0.25, 0.3) is 0 Å². The lowest BCUT2D eigenvalue weighted by Gasteiger charge is -2.58. The summed E-state index contributed by atoms with van der Waals surface area (Å²) in [5.74, 6) is 4.65. The molecule has 8 nitrogen and oxygen atoms in total. The van der Waals surface area contributed by atoms with Gasteiger partial charge in [-0.15, -0.1) is 0 Å². The van der Waals surface area contributed by atoms with E-state index in [1.807, 2.05) is 0 Å². The van der Waals surface area contributed by atoms with Gasteiger partial charge in [0, 0.05) is 39.0 Å². The van der Waals surface area contributed by atoms with Crippen LogP contribution in [0.3, 0.4) is 0 Å². The molecule has 1 heterocycles. The predicted octanol–water partition coefficient (Wildman–Crippen LogP) is 4.34. The summed E-state index contributed by atoms with van der Waals surface area (Å²) in [6.07, 6.45) is 16.0.